The first-order valence-electron chi connectivity index (χ1n) is 6.52. The van der Waals surface area contributed by atoms with E-state index in [1.807, 2.05) is 30.3 Å². The molecule has 6 heteroatoms. The minimum atomic E-state index is 0.187. The maximum atomic E-state index is 8.98. The molecular weight excluding hydrogens is 256 g/mol. The normalized spacial score (nSPS) is 15.8. The van der Waals surface area contributed by atoms with Crippen molar-refractivity contribution in [3.05, 3.63) is 30.0 Å². The van der Waals surface area contributed by atoms with Crippen LogP contribution in [0.3, 0.4) is 0 Å². The zero-order valence-corrected chi connectivity index (χ0v) is 10.9. The van der Waals surface area contributed by atoms with Crippen molar-refractivity contribution in [3.8, 4) is 23.1 Å². The average molecular weight is 270 g/mol. The van der Waals surface area contributed by atoms with Crippen LogP contribution in [-0.2, 0) is 4.74 Å². The number of aromatic amines is 1. The summed E-state index contributed by atoms with van der Waals surface area (Å²) in [5.74, 6) is 0.779. The molecule has 0 radical (unpaired) electrons. The Morgan fingerprint density at radius 3 is 2.95 bits per heavy atom. The standard InChI is InChI=1S/C14H14N4O2/c15-9-13-14(17-18-16-13)10-2-1-3-12(8-10)20-11-4-6-19-7-5-11/h1-3,8,11H,4-7H2,(H,16,17,18). The number of hydrogen-bond donors (Lipinski definition) is 1. The molecule has 1 aromatic carbocycles. The van der Waals surface area contributed by atoms with Crippen LogP contribution in [0, 0.1) is 11.3 Å². The first kappa shape index (κ1) is 12.6. The highest BCUT2D eigenvalue weighted by molar-refractivity contribution is 5.65. The van der Waals surface area contributed by atoms with E-state index >= 15 is 0 Å². The highest BCUT2D eigenvalue weighted by Crippen LogP contribution is 2.25. The third-order valence-corrected chi connectivity index (χ3v) is 3.23. The van der Waals surface area contributed by atoms with Gasteiger partial charge in [0.05, 0.1) is 13.2 Å². The molecule has 0 saturated carbocycles. The van der Waals surface area contributed by atoms with Crippen molar-refractivity contribution in [2.75, 3.05) is 13.2 Å². The van der Waals surface area contributed by atoms with Crippen LogP contribution >= 0.6 is 0 Å². The van der Waals surface area contributed by atoms with Gasteiger partial charge in [-0.3, -0.25) is 0 Å². The Kier molecular flexibility index (Phi) is 3.61. The molecule has 1 aliphatic heterocycles. The van der Waals surface area contributed by atoms with Gasteiger partial charge in [-0.05, 0) is 12.1 Å². The predicted molar refractivity (Wildman–Crippen MR) is 71.0 cm³/mol. The van der Waals surface area contributed by atoms with E-state index in [-0.39, 0.29) is 11.8 Å². The molecule has 1 saturated heterocycles. The van der Waals surface area contributed by atoms with E-state index in [2.05, 4.69) is 15.4 Å². The molecule has 1 aliphatic rings. The molecule has 0 atom stereocenters. The topological polar surface area (TPSA) is 83.8 Å². The summed E-state index contributed by atoms with van der Waals surface area (Å²) in [4.78, 5) is 0. The van der Waals surface area contributed by atoms with Crippen LogP contribution in [0.2, 0.25) is 0 Å². The van der Waals surface area contributed by atoms with Crippen LogP contribution in [0.4, 0.5) is 0 Å². The van der Waals surface area contributed by atoms with Crippen molar-refractivity contribution < 1.29 is 9.47 Å². The number of benzene rings is 1. The van der Waals surface area contributed by atoms with Gasteiger partial charge in [0.2, 0.25) is 0 Å². The van der Waals surface area contributed by atoms with Crippen molar-refractivity contribution in [3.63, 3.8) is 0 Å². The third kappa shape index (κ3) is 2.63. The Balaban J connectivity index is 1.81. The van der Waals surface area contributed by atoms with Crippen LogP contribution in [0.25, 0.3) is 11.3 Å². The summed E-state index contributed by atoms with van der Waals surface area (Å²) in [6.45, 7) is 1.48. The third-order valence-electron chi connectivity index (χ3n) is 3.23. The molecule has 0 aliphatic carbocycles. The molecule has 0 unspecified atom stereocenters. The van der Waals surface area contributed by atoms with Crippen molar-refractivity contribution in [2.24, 2.45) is 0 Å². The fourth-order valence-corrected chi connectivity index (χ4v) is 2.21. The predicted octanol–water partition coefficient (Wildman–Crippen LogP) is 1.90. The van der Waals surface area contributed by atoms with E-state index in [1.165, 1.54) is 0 Å². The fourth-order valence-electron chi connectivity index (χ4n) is 2.21. The van der Waals surface area contributed by atoms with Gasteiger partial charge in [0, 0.05) is 18.4 Å². The lowest BCUT2D eigenvalue weighted by molar-refractivity contribution is 0.0256. The number of nitrogens with one attached hydrogen (secondary N) is 1. The number of ether oxygens (including phenoxy) is 2. The van der Waals surface area contributed by atoms with Crippen LogP contribution in [0.5, 0.6) is 5.75 Å². The molecule has 3 rings (SSSR count). The molecule has 2 aromatic rings. The van der Waals surface area contributed by atoms with Gasteiger partial charge in [-0.1, -0.05) is 12.1 Å². The van der Waals surface area contributed by atoms with Crippen molar-refractivity contribution in [1.29, 1.82) is 5.26 Å². The highest BCUT2D eigenvalue weighted by atomic mass is 16.5. The Hall–Kier alpha value is -2.39. The maximum absolute atomic E-state index is 8.98. The summed E-state index contributed by atoms with van der Waals surface area (Å²) in [5.41, 5.74) is 1.65. The molecule has 1 fully saturated rings. The lowest BCUT2D eigenvalue weighted by Gasteiger charge is -2.23. The molecule has 2 heterocycles. The summed E-state index contributed by atoms with van der Waals surface area (Å²) in [6.07, 6.45) is 1.99. The van der Waals surface area contributed by atoms with Crippen molar-refractivity contribution in [2.45, 2.75) is 18.9 Å². The number of nitriles is 1. The minimum Gasteiger partial charge on any atom is -0.490 e. The lowest BCUT2D eigenvalue weighted by atomic mass is 10.1. The van der Waals surface area contributed by atoms with Crippen LogP contribution in [0.1, 0.15) is 18.5 Å². The Bertz CT molecular complexity index is 626. The number of aromatic nitrogens is 3. The molecule has 6 nitrogen and oxygen atoms in total. The van der Waals surface area contributed by atoms with E-state index in [0.29, 0.717) is 5.69 Å². The van der Waals surface area contributed by atoms with E-state index in [0.717, 1.165) is 37.4 Å². The lowest BCUT2D eigenvalue weighted by Crippen LogP contribution is -2.25. The zero-order valence-electron chi connectivity index (χ0n) is 10.9. The van der Waals surface area contributed by atoms with Crippen molar-refractivity contribution >= 4 is 0 Å². The average Bonchev–Trinajstić information content (AvgIpc) is 2.97. The minimum absolute atomic E-state index is 0.187. The SMILES string of the molecule is N#Cc1n[nH]nc1-c1cccc(OC2CCOCC2)c1. The van der Waals surface area contributed by atoms with E-state index < -0.39 is 0 Å². The molecule has 20 heavy (non-hydrogen) atoms. The van der Waals surface area contributed by atoms with Gasteiger partial charge in [-0.2, -0.15) is 15.6 Å². The van der Waals surface area contributed by atoms with Crippen LogP contribution in [-0.4, -0.2) is 34.7 Å². The highest BCUT2D eigenvalue weighted by Gasteiger charge is 2.16. The molecule has 0 spiro atoms. The molecule has 102 valence electrons. The monoisotopic (exact) mass is 270 g/mol. The summed E-state index contributed by atoms with van der Waals surface area (Å²) in [7, 11) is 0. The summed E-state index contributed by atoms with van der Waals surface area (Å²) in [5, 5.41) is 19.3. The molecule has 1 aromatic heterocycles. The first-order chi connectivity index (χ1) is 9.86. The Morgan fingerprint density at radius 2 is 2.15 bits per heavy atom. The Morgan fingerprint density at radius 1 is 1.30 bits per heavy atom. The van der Waals surface area contributed by atoms with Gasteiger partial charge >= 0.3 is 0 Å². The number of nitrogens with zero attached hydrogens (tertiary/aromatic N) is 3. The molecule has 0 bridgehead atoms. The second-order valence-corrected chi connectivity index (χ2v) is 4.59. The Labute approximate surface area is 116 Å². The zero-order chi connectivity index (χ0) is 13.8. The van der Waals surface area contributed by atoms with E-state index in [1.54, 1.807) is 0 Å². The van der Waals surface area contributed by atoms with Crippen LogP contribution < -0.4 is 4.74 Å². The van der Waals surface area contributed by atoms with Gasteiger partial charge < -0.3 is 9.47 Å². The number of hydrogen-bond acceptors (Lipinski definition) is 5. The summed E-state index contributed by atoms with van der Waals surface area (Å²) < 4.78 is 11.3. The summed E-state index contributed by atoms with van der Waals surface area (Å²) >= 11 is 0. The number of rotatable bonds is 3. The largest absolute Gasteiger partial charge is 0.490 e. The van der Waals surface area contributed by atoms with Gasteiger partial charge in [-0.25, -0.2) is 0 Å². The summed E-state index contributed by atoms with van der Waals surface area (Å²) in [6, 6.07) is 9.58. The first-order valence-corrected chi connectivity index (χ1v) is 6.52. The van der Waals surface area contributed by atoms with Crippen LogP contribution in [0.15, 0.2) is 24.3 Å². The second-order valence-electron chi connectivity index (χ2n) is 4.59. The maximum Gasteiger partial charge on any atom is 0.190 e. The molecule has 1 N–H and O–H groups in total. The smallest absolute Gasteiger partial charge is 0.190 e. The van der Waals surface area contributed by atoms with Gasteiger partial charge in [0.15, 0.2) is 5.69 Å². The van der Waals surface area contributed by atoms with Crippen molar-refractivity contribution in [1.82, 2.24) is 15.4 Å². The van der Waals surface area contributed by atoms with Gasteiger partial charge in [0.1, 0.15) is 23.6 Å². The van der Waals surface area contributed by atoms with E-state index in [4.69, 9.17) is 14.7 Å². The van der Waals surface area contributed by atoms with Gasteiger partial charge in [-0.15, -0.1) is 5.10 Å². The molecular formula is C14H14N4O2. The number of H-pyrrole nitrogens is 1. The fraction of sp³-hybridized carbons (Fsp3) is 0.357. The van der Waals surface area contributed by atoms with Gasteiger partial charge in [0.25, 0.3) is 0 Å². The quantitative estimate of drug-likeness (QED) is 0.920. The molecule has 0 amide bonds. The second kappa shape index (κ2) is 5.72. The van der Waals surface area contributed by atoms with E-state index in [9.17, 15) is 0 Å².